The molecule has 0 aromatic heterocycles. The van der Waals surface area contributed by atoms with Crippen molar-refractivity contribution >= 4 is 11.7 Å². The molecule has 26 heavy (non-hydrogen) atoms. The van der Waals surface area contributed by atoms with Gasteiger partial charge in [0.2, 0.25) is 0 Å². The predicted molar refractivity (Wildman–Crippen MR) is 101 cm³/mol. The standard InChI is InChI=1S/C21H29NO4/c1-4-5-6-7-8-9-11-15(2)12-10-13-16(3)19(24)18-20(25)17(14-23)22-21(18)26/h4-9,13,15,17,23-24H,10-12,14H2,1-3H3,(H,22,26)/p-1/b5-4+,7-6+,9-8+,16-13+,19-18?/t15-,17-/m0/s1. The number of carbonyl (C=O) groups excluding carboxylic acids is 2. The Morgan fingerprint density at radius 3 is 2.58 bits per heavy atom. The molecule has 0 aromatic carbocycles. The summed E-state index contributed by atoms with van der Waals surface area (Å²) in [7, 11) is 0. The Balaban J connectivity index is 2.56. The number of aliphatic hydroxyl groups excluding tert-OH is 1. The van der Waals surface area contributed by atoms with Crippen molar-refractivity contribution in [2.24, 2.45) is 5.92 Å². The minimum Gasteiger partial charge on any atom is -0.872 e. The Hall–Kier alpha value is -2.40. The van der Waals surface area contributed by atoms with Crippen molar-refractivity contribution in [2.75, 3.05) is 6.61 Å². The van der Waals surface area contributed by atoms with Gasteiger partial charge in [0, 0.05) is 0 Å². The lowest BCUT2D eigenvalue weighted by atomic mass is 9.99. The molecule has 0 spiro atoms. The third-order valence-electron chi connectivity index (χ3n) is 4.17. The van der Waals surface area contributed by atoms with Gasteiger partial charge in [-0.15, -0.1) is 0 Å². The van der Waals surface area contributed by atoms with Gasteiger partial charge in [-0.2, -0.15) is 0 Å². The molecule has 1 aliphatic heterocycles. The van der Waals surface area contributed by atoms with Crippen molar-refractivity contribution in [3.8, 4) is 0 Å². The smallest absolute Gasteiger partial charge is 0.255 e. The summed E-state index contributed by atoms with van der Waals surface area (Å²) in [5, 5.41) is 23.7. The van der Waals surface area contributed by atoms with Crippen LogP contribution in [0.25, 0.3) is 0 Å². The van der Waals surface area contributed by atoms with Gasteiger partial charge in [-0.05, 0) is 39.0 Å². The molecule has 0 aromatic rings. The largest absolute Gasteiger partial charge is 0.872 e. The van der Waals surface area contributed by atoms with Gasteiger partial charge >= 0.3 is 0 Å². The number of aliphatic hydroxyl groups is 1. The Bertz CT molecular complexity index is 653. The molecule has 5 nitrogen and oxygen atoms in total. The first kappa shape index (κ1) is 21.6. The highest BCUT2D eigenvalue weighted by molar-refractivity contribution is 6.27. The molecule has 142 valence electrons. The van der Waals surface area contributed by atoms with Crippen LogP contribution in [0.15, 0.2) is 59.4 Å². The second-order valence-corrected chi connectivity index (χ2v) is 6.42. The lowest BCUT2D eigenvalue weighted by Gasteiger charge is -2.15. The van der Waals surface area contributed by atoms with E-state index in [4.69, 9.17) is 5.11 Å². The molecule has 1 fully saturated rings. The highest BCUT2D eigenvalue weighted by atomic mass is 16.3. The average molecular weight is 358 g/mol. The first-order valence-electron chi connectivity index (χ1n) is 8.91. The van der Waals surface area contributed by atoms with Gasteiger partial charge in [-0.1, -0.05) is 60.8 Å². The van der Waals surface area contributed by atoms with Crippen LogP contribution in [0.2, 0.25) is 0 Å². The number of carbonyl (C=O) groups is 2. The molecule has 0 aliphatic carbocycles. The van der Waals surface area contributed by atoms with E-state index in [2.05, 4.69) is 18.3 Å². The molecular weight excluding hydrogens is 330 g/mol. The van der Waals surface area contributed by atoms with Gasteiger partial charge in [-0.25, -0.2) is 0 Å². The number of amides is 1. The van der Waals surface area contributed by atoms with Crippen LogP contribution < -0.4 is 10.4 Å². The van der Waals surface area contributed by atoms with E-state index in [0.717, 1.165) is 12.8 Å². The molecule has 1 aliphatic rings. The summed E-state index contributed by atoms with van der Waals surface area (Å²) in [6.45, 7) is 5.21. The fourth-order valence-electron chi connectivity index (χ4n) is 2.55. The number of hydrogen-bond acceptors (Lipinski definition) is 4. The van der Waals surface area contributed by atoms with E-state index < -0.39 is 30.1 Å². The summed E-state index contributed by atoms with van der Waals surface area (Å²) in [5.41, 5.74) is 0.0146. The van der Waals surface area contributed by atoms with Crippen molar-refractivity contribution in [1.82, 2.24) is 5.32 Å². The number of allylic oxidation sites excluding steroid dienone is 8. The van der Waals surface area contributed by atoms with Crippen LogP contribution in [0.5, 0.6) is 0 Å². The first-order valence-corrected chi connectivity index (χ1v) is 8.91. The van der Waals surface area contributed by atoms with Crippen LogP contribution >= 0.6 is 0 Å². The van der Waals surface area contributed by atoms with Gasteiger partial charge in [0.1, 0.15) is 6.04 Å². The van der Waals surface area contributed by atoms with Gasteiger partial charge in [-0.3, -0.25) is 9.59 Å². The topological polar surface area (TPSA) is 89.5 Å². The van der Waals surface area contributed by atoms with Crippen LogP contribution in [-0.4, -0.2) is 29.4 Å². The second kappa shape index (κ2) is 11.3. The number of ketones is 1. The molecule has 2 N–H and O–H groups in total. The van der Waals surface area contributed by atoms with Crippen LogP contribution in [0, 0.1) is 5.92 Å². The van der Waals surface area contributed by atoms with Crippen LogP contribution in [0.4, 0.5) is 0 Å². The van der Waals surface area contributed by atoms with Gasteiger partial charge in [0.05, 0.1) is 12.2 Å². The molecule has 0 radical (unpaired) electrons. The second-order valence-electron chi connectivity index (χ2n) is 6.42. The Morgan fingerprint density at radius 1 is 1.27 bits per heavy atom. The van der Waals surface area contributed by atoms with Crippen LogP contribution in [0.3, 0.4) is 0 Å². The molecule has 2 atom stereocenters. The summed E-state index contributed by atoms with van der Waals surface area (Å²) < 4.78 is 0. The molecule has 5 heteroatoms. The van der Waals surface area contributed by atoms with E-state index in [0.29, 0.717) is 17.9 Å². The summed E-state index contributed by atoms with van der Waals surface area (Å²) in [4.78, 5) is 23.7. The minimum absolute atomic E-state index is 0.373. The first-order chi connectivity index (χ1) is 12.4. The van der Waals surface area contributed by atoms with E-state index in [1.807, 2.05) is 37.3 Å². The molecule has 0 bridgehead atoms. The van der Waals surface area contributed by atoms with E-state index in [9.17, 15) is 14.7 Å². The zero-order chi connectivity index (χ0) is 19.5. The van der Waals surface area contributed by atoms with Gasteiger partial charge in [0.25, 0.3) is 5.91 Å². The van der Waals surface area contributed by atoms with Crippen molar-refractivity contribution < 1.29 is 19.8 Å². The highest BCUT2D eigenvalue weighted by Gasteiger charge is 2.35. The maximum Gasteiger partial charge on any atom is 0.255 e. The Labute approximate surface area is 155 Å². The zero-order valence-electron chi connectivity index (χ0n) is 15.7. The number of rotatable bonds is 9. The van der Waals surface area contributed by atoms with Crippen LogP contribution in [-0.2, 0) is 9.59 Å². The zero-order valence-corrected chi connectivity index (χ0v) is 15.7. The van der Waals surface area contributed by atoms with E-state index >= 15 is 0 Å². The lowest BCUT2D eigenvalue weighted by molar-refractivity contribution is -0.298. The summed E-state index contributed by atoms with van der Waals surface area (Å²) in [6.07, 6.45) is 16.3. The molecule has 1 heterocycles. The van der Waals surface area contributed by atoms with Crippen molar-refractivity contribution in [3.63, 3.8) is 0 Å². The van der Waals surface area contributed by atoms with Crippen molar-refractivity contribution in [2.45, 2.75) is 46.1 Å². The van der Waals surface area contributed by atoms with Crippen molar-refractivity contribution in [1.29, 1.82) is 0 Å². The van der Waals surface area contributed by atoms with E-state index in [-0.39, 0.29) is 5.57 Å². The van der Waals surface area contributed by atoms with E-state index in [1.54, 1.807) is 13.0 Å². The Kier molecular flexibility index (Phi) is 9.37. The number of hydrogen-bond donors (Lipinski definition) is 2. The quantitative estimate of drug-likeness (QED) is 0.286. The third kappa shape index (κ3) is 6.48. The molecular formula is C21H28NO4-. The van der Waals surface area contributed by atoms with E-state index in [1.165, 1.54) is 0 Å². The maximum absolute atomic E-state index is 12.3. The van der Waals surface area contributed by atoms with Gasteiger partial charge in [0.15, 0.2) is 5.78 Å². The maximum atomic E-state index is 12.3. The highest BCUT2D eigenvalue weighted by Crippen LogP contribution is 2.19. The third-order valence-corrected chi connectivity index (χ3v) is 4.17. The fourth-order valence-corrected chi connectivity index (χ4v) is 2.55. The normalized spacial score (nSPS) is 22.0. The lowest BCUT2D eigenvalue weighted by Crippen LogP contribution is -2.32. The number of nitrogens with one attached hydrogen (secondary N) is 1. The number of Topliss-reactive ketones (excluding diaryl/α,β-unsaturated/α-hetero) is 1. The minimum atomic E-state index is -0.997. The summed E-state index contributed by atoms with van der Waals surface area (Å²) >= 11 is 0. The molecule has 1 saturated heterocycles. The van der Waals surface area contributed by atoms with Crippen LogP contribution in [0.1, 0.15) is 40.0 Å². The molecule has 0 unspecified atom stereocenters. The Morgan fingerprint density at radius 2 is 1.96 bits per heavy atom. The van der Waals surface area contributed by atoms with Gasteiger partial charge < -0.3 is 15.5 Å². The molecule has 0 saturated carbocycles. The predicted octanol–water partition coefficient (Wildman–Crippen LogP) is 2.10. The summed E-state index contributed by atoms with van der Waals surface area (Å²) in [6, 6.07) is -0.997. The monoisotopic (exact) mass is 358 g/mol. The summed E-state index contributed by atoms with van der Waals surface area (Å²) in [5.74, 6) is -1.41. The average Bonchev–Trinajstić information content (AvgIpc) is 2.90. The SMILES string of the molecule is C/C=C/C=C/C=C/C[C@H](C)CC/C=C(\C)C([O-])=C1C(=O)N[C@@H](CO)C1=O. The molecule has 1 amide bonds. The fraction of sp³-hybridized carbons (Fsp3) is 0.429. The molecule has 1 rings (SSSR count). The van der Waals surface area contributed by atoms with Crippen molar-refractivity contribution in [3.05, 3.63) is 59.4 Å².